The van der Waals surface area contributed by atoms with Crippen LogP contribution in [0.3, 0.4) is 0 Å². The maximum absolute atomic E-state index is 12.9. The largest absolute Gasteiger partial charge is 0.481 e. The van der Waals surface area contributed by atoms with Gasteiger partial charge in [0.1, 0.15) is 17.5 Å². The van der Waals surface area contributed by atoms with Crippen molar-refractivity contribution in [3.63, 3.8) is 0 Å². The number of anilines is 3. The van der Waals surface area contributed by atoms with E-state index in [0.717, 1.165) is 21.2 Å². The summed E-state index contributed by atoms with van der Waals surface area (Å²) in [5.41, 5.74) is 7.38. The quantitative estimate of drug-likeness (QED) is 0.348. The molecule has 0 spiro atoms. The first-order valence-electron chi connectivity index (χ1n) is 10.1. The first-order chi connectivity index (χ1) is 16.1. The van der Waals surface area contributed by atoms with Crippen molar-refractivity contribution in [1.29, 1.82) is 0 Å². The number of ether oxygens (including phenoxy) is 1. The molecule has 0 atom stereocenters. The van der Waals surface area contributed by atoms with E-state index in [0.29, 0.717) is 29.6 Å². The van der Waals surface area contributed by atoms with Crippen molar-refractivity contribution in [3.8, 4) is 5.88 Å². The Morgan fingerprint density at radius 1 is 1.03 bits per heavy atom. The van der Waals surface area contributed by atoms with Gasteiger partial charge in [0, 0.05) is 11.5 Å². The lowest BCUT2D eigenvalue weighted by Crippen LogP contribution is -2.18. The van der Waals surface area contributed by atoms with Gasteiger partial charge in [-0.05, 0) is 29.0 Å². The smallest absolute Gasteiger partial charge is 0.294 e. The fourth-order valence-corrected chi connectivity index (χ4v) is 4.16. The van der Waals surface area contributed by atoms with E-state index in [2.05, 4.69) is 30.6 Å². The predicted octanol–water partition coefficient (Wildman–Crippen LogP) is 4.09. The van der Waals surface area contributed by atoms with Gasteiger partial charge in [0.05, 0.1) is 29.6 Å². The molecule has 4 heterocycles. The van der Waals surface area contributed by atoms with Crippen LogP contribution in [-0.2, 0) is 6.54 Å². The normalized spacial score (nSPS) is 10.9. The van der Waals surface area contributed by atoms with Crippen LogP contribution in [0.1, 0.15) is 16.3 Å². The number of rotatable bonds is 6. The van der Waals surface area contributed by atoms with Gasteiger partial charge in [-0.1, -0.05) is 30.3 Å². The highest BCUT2D eigenvalue weighted by molar-refractivity contribution is 7.17. The number of nitrogens with zero attached hydrogens (tertiary/aromatic N) is 4. The molecule has 5 aromatic rings. The van der Waals surface area contributed by atoms with Crippen molar-refractivity contribution in [2.24, 2.45) is 0 Å². The topological polar surface area (TPSA) is 128 Å². The lowest BCUT2D eigenvalue weighted by Gasteiger charge is -2.12. The van der Waals surface area contributed by atoms with Crippen LogP contribution in [0, 0.1) is 0 Å². The summed E-state index contributed by atoms with van der Waals surface area (Å²) in [6.07, 6.45) is 0. The maximum Gasteiger partial charge on any atom is 0.294 e. The molecule has 10 heteroatoms. The van der Waals surface area contributed by atoms with Gasteiger partial charge in [-0.3, -0.25) is 4.79 Å². The monoisotopic (exact) mass is 457 g/mol. The van der Waals surface area contributed by atoms with Crippen LogP contribution in [0.2, 0.25) is 0 Å². The SMILES string of the molecule is COc1cccc(NCc2nc(NC(=O)c3nc(N)c4sccc4n3)cc3ccccc23)n1. The molecule has 164 valence electrons. The summed E-state index contributed by atoms with van der Waals surface area (Å²) < 4.78 is 5.94. The van der Waals surface area contributed by atoms with Gasteiger partial charge in [-0.15, -0.1) is 11.3 Å². The molecule has 4 N–H and O–H groups in total. The van der Waals surface area contributed by atoms with Crippen molar-refractivity contribution < 1.29 is 9.53 Å². The Kier molecular flexibility index (Phi) is 5.41. The van der Waals surface area contributed by atoms with Crippen LogP contribution in [-0.4, -0.2) is 33.0 Å². The average molecular weight is 458 g/mol. The van der Waals surface area contributed by atoms with E-state index in [1.807, 2.05) is 47.8 Å². The number of carbonyl (C=O) groups excluding carboxylic acids is 1. The van der Waals surface area contributed by atoms with Crippen LogP contribution >= 0.6 is 11.3 Å². The van der Waals surface area contributed by atoms with Gasteiger partial charge in [0.15, 0.2) is 0 Å². The first kappa shape index (κ1) is 20.6. The van der Waals surface area contributed by atoms with Crippen LogP contribution in [0.25, 0.3) is 21.0 Å². The number of pyridine rings is 2. The minimum Gasteiger partial charge on any atom is -0.481 e. The summed E-state index contributed by atoms with van der Waals surface area (Å²) in [5.74, 6) is 1.35. The van der Waals surface area contributed by atoms with Crippen molar-refractivity contribution in [2.45, 2.75) is 6.54 Å². The molecule has 33 heavy (non-hydrogen) atoms. The van der Waals surface area contributed by atoms with E-state index < -0.39 is 5.91 Å². The second-order valence-electron chi connectivity index (χ2n) is 7.12. The molecule has 0 aliphatic rings. The molecule has 0 aliphatic heterocycles. The Hall–Kier alpha value is -4.31. The number of fused-ring (bicyclic) bond motifs is 2. The van der Waals surface area contributed by atoms with E-state index in [-0.39, 0.29) is 11.6 Å². The molecule has 0 saturated carbocycles. The molecule has 9 nitrogen and oxygen atoms in total. The molecule has 0 unspecified atom stereocenters. The van der Waals surface area contributed by atoms with E-state index in [4.69, 9.17) is 10.5 Å². The summed E-state index contributed by atoms with van der Waals surface area (Å²) in [6, 6.07) is 16.9. The van der Waals surface area contributed by atoms with Crippen LogP contribution in [0.5, 0.6) is 5.88 Å². The number of nitrogens with two attached hydrogens (primary N) is 1. The third-order valence-corrected chi connectivity index (χ3v) is 5.89. The van der Waals surface area contributed by atoms with Gasteiger partial charge < -0.3 is 21.1 Å². The summed E-state index contributed by atoms with van der Waals surface area (Å²) in [4.78, 5) is 30.4. The summed E-state index contributed by atoms with van der Waals surface area (Å²) in [5, 5.41) is 9.82. The molecular formula is C23H19N7O2S. The van der Waals surface area contributed by atoms with Gasteiger partial charge in [-0.2, -0.15) is 4.98 Å². The zero-order valence-corrected chi connectivity index (χ0v) is 18.4. The summed E-state index contributed by atoms with van der Waals surface area (Å²) in [7, 11) is 1.57. The van der Waals surface area contributed by atoms with Crippen molar-refractivity contribution in [1.82, 2.24) is 19.9 Å². The molecule has 0 fully saturated rings. The molecule has 0 radical (unpaired) electrons. The maximum atomic E-state index is 12.9. The number of benzene rings is 1. The average Bonchev–Trinajstić information content (AvgIpc) is 3.32. The number of nitrogens with one attached hydrogen (secondary N) is 2. The summed E-state index contributed by atoms with van der Waals surface area (Å²) >= 11 is 1.43. The number of hydrogen-bond acceptors (Lipinski definition) is 9. The van der Waals surface area contributed by atoms with Crippen LogP contribution in [0.15, 0.2) is 60.0 Å². The van der Waals surface area contributed by atoms with Gasteiger partial charge in [-0.25, -0.2) is 15.0 Å². The standard InChI is InChI=1S/C23H19N7O2S/c1-32-19-8-4-7-17(28-19)25-12-16-14-6-3-2-5-13(14)11-18(26-16)29-23(31)22-27-15-9-10-33-20(15)21(24)30-22/h2-11H,12H2,1H3,(H,25,28)(H2,24,27,30)(H,26,29,31). The minimum atomic E-state index is -0.481. The predicted molar refractivity (Wildman–Crippen MR) is 130 cm³/mol. The second-order valence-corrected chi connectivity index (χ2v) is 8.03. The van der Waals surface area contributed by atoms with E-state index in [1.54, 1.807) is 19.2 Å². The Morgan fingerprint density at radius 2 is 1.91 bits per heavy atom. The lowest BCUT2D eigenvalue weighted by atomic mass is 10.1. The van der Waals surface area contributed by atoms with E-state index in [9.17, 15) is 4.79 Å². The highest BCUT2D eigenvalue weighted by atomic mass is 32.1. The van der Waals surface area contributed by atoms with Gasteiger partial charge in [0.25, 0.3) is 5.91 Å². The molecule has 1 aromatic carbocycles. The lowest BCUT2D eigenvalue weighted by molar-refractivity contribution is 0.101. The molecular weight excluding hydrogens is 438 g/mol. The zero-order chi connectivity index (χ0) is 22.8. The minimum absolute atomic E-state index is 0.00591. The zero-order valence-electron chi connectivity index (χ0n) is 17.6. The van der Waals surface area contributed by atoms with Crippen molar-refractivity contribution in [3.05, 3.63) is 71.5 Å². The first-order valence-corrected chi connectivity index (χ1v) is 10.9. The van der Waals surface area contributed by atoms with Gasteiger partial charge >= 0.3 is 0 Å². The number of thiophene rings is 1. The third-order valence-electron chi connectivity index (χ3n) is 4.96. The number of nitrogen functional groups attached to an aromatic ring is 1. The summed E-state index contributed by atoms with van der Waals surface area (Å²) in [6.45, 7) is 0.398. The fraction of sp³-hybridized carbons (Fsp3) is 0.0870. The Balaban J connectivity index is 1.43. The van der Waals surface area contributed by atoms with Crippen molar-refractivity contribution in [2.75, 3.05) is 23.5 Å². The fourth-order valence-electron chi connectivity index (χ4n) is 3.43. The second kappa shape index (κ2) is 8.67. The molecule has 1 amide bonds. The molecule has 0 saturated heterocycles. The number of hydrogen-bond donors (Lipinski definition) is 3. The number of methoxy groups -OCH3 is 1. The number of aromatic nitrogens is 4. The number of amides is 1. The Morgan fingerprint density at radius 3 is 2.79 bits per heavy atom. The Labute approximate surface area is 192 Å². The van der Waals surface area contributed by atoms with Crippen LogP contribution in [0.4, 0.5) is 17.5 Å². The van der Waals surface area contributed by atoms with Crippen LogP contribution < -0.4 is 21.1 Å². The third kappa shape index (κ3) is 4.23. The van der Waals surface area contributed by atoms with E-state index >= 15 is 0 Å². The molecule has 5 rings (SSSR count). The van der Waals surface area contributed by atoms with Crippen molar-refractivity contribution >= 4 is 55.7 Å². The van der Waals surface area contributed by atoms with E-state index in [1.165, 1.54) is 11.3 Å². The Bertz CT molecular complexity index is 1480. The molecule has 4 aromatic heterocycles. The highest BCUT2D eigenvalue weighted by Crippen LogP contribution is 2.25. The molecule has 0 bridgehead atoms. The highest BCUT2D eigenvalue weighted by Gasteiger charge is 2.16. The molecule has 0 aliphatic carbocycles. The van der Waals surface area contributed by atoms with Gasteiger partial charge in [0.2, 0.25) is 11.7 Å². The number of carbonyl (C=O) groups is 1.